The summed E-state index contributed by atoms with van der Waals surface area (Å²) >= 11 is 0. The van der Waals surface area contributed by atoms with Crippen molar-refractivity contribution in [2.24, 2.45) is 5.92 Å². The van der Waals surface area contributed by atoms with Crippen LogP contribution in [0.1, 0.15) is 56.5 Å². The van der Waals surface area contributed by atoms with Gasteiger partial charge in [0.15, 0.2) is 0 Å². The number of ether oxygens (including phenoxy) is 1. The number of hydrogen-bond acceptors (Lipinski definition) is 3. The predicted octanol–water partition coefficient (Wildman–Crippen LogP) is 4.63. The Bertz CT molecular complexity index is 1000. The maximum atomic E-state index is 11.2. The van der Waals surface area contributed by atoms with Gasteiger partial charge in [-0.05, 0) is 61.1 Å². The number of nitrogens with zero attached hydrogens (tertiary/aromatic N) is 2. The van der Waals surface area contributed by atoms with Crippen LogP contribution in [-0.4, -0.2) is 22.1 Å². The highest BCUT2D eigenvalue weighted by Crippen LogP contribution is 2.35. The zero-order chi connectivity index (χ0) is 20.4. The van der Waals surface area contributed by atoms with Crippen LogP contribution in [0.15, 0.2) is 42.5 Å². The van der Waals surface area contributed by atoms with E-state index in [0.717, 1.165) is 35.1 Å². The van der Waals surface area contributed by atoms with Gasteiger partial charge < -0.3 is 14.6 Å². The zero-order valence-electron chi connectivity index (χ0n) is 17.4. The van der Waals surface area contributed by atoms with Crippen LogP contribution in [0.4, 0.5) is 0 Å². The number of imidazole rings is 1. The quantitative estimate of drug-likeness (QED) is 0.609. The average Bonchev–Trinajstić information content (AvgIpc) is 3.47. The second-order valence-electron chi connectivity index (χ2n) is 7.98. The molecule has 1 unspecified atom stereocenters. The third-order valence-corrected chi connectivity index (χ3v) is 5.60. The lowest BCUT2D eigenvalue weighted by Gasteiger charge is -2.15. The molecule has 1 aromatic heterocycles. The Labute approximate surface area is 172 Å². The molecule has 0 radical (unpaired) electrons. The molecular weight excluding hydrogens is 362 g/mol. The van der Waals surface area contributed by atoms with Crippen LogP contribution in [0, 0.1) is 5.92 Å². The minimum absolute atomic E-state index is 0.0193. The molecule has 1 atom stereocenters. The minimum atomic E-state index is -0.0193. The largest absolute Gasteiger partial charge is 0.494 e. The fourth-order valence-electron chi connectivity index (χ4n) is 3.78. The van der Waals surface area contributed by atoms with E-state index in [2.05, 4.69) is 47.1 Å². The number of carbonyl (C=O) groups is 1. The molecular formula is C24H29N3O2. The van der Waals surface area contributed by atoms with Crippen molar-refractivity contribution in [1.29, 1.82) is 0 Å². The first kappa shape index (κ1) is 19.5. The van der Waals surface area contributed by atoms with Gasteiger partial charge in [0.25, 0.3) is 0 Å². The molecule has 2 aromatic carbocycles. The first-order chi connectivity index (χ1) is 14.0. The van der Waals surface area contributed by atoms with Gasteiger partial charge >= 0.3 is 0 Å². The molecule has 152 valence electrons. The Kier molecular flexibility index (Phi) is 5.56. The Balaban J connectivity index is 1.68. The maximum absolute atomic E-state index is 11.2. The molecule has 5 nitrogen and oxygen atoms in total. The number of amides is 1. The van der Waals surface area contributed by atoms with Gasteiger partial charge in [0.2, 0.25) is 5.91 Å². The second kappa shape index (κ2) is 8.27. The number of rotatable bonds is 8. The van der Waals surface area contributed by atoms with Crippen molar-refractivity contribution in [2.75, 3.05) is 6.61 Å². The summed E-state index contributed by atoms with van der Waals surface area (Å²) in [5.41, 5.74) is 4.49. The lowest BCUT2D eigenvalue weighted by molar-refractivity contribution is -0.119. The maximum Gasteiger partial charge on any atom is 0.217 e. The number of benzene rings is 2. The molecule has 5 heteroatoms. The summed E-state index contributed by atoms with van der Waals surface area (Å²) in [6.45, 7) is 7.99. The van der Waals surface area contributed by atoms with E-state index >= 15 is 0 Å². The van der Waals surface area contributed by atoms with Crippen molar-refractivity contribution in [3.05, 3.63) is 59.4 Å². The molecule has 1 aliphatic carbocycles. The number of fused-ring (bicyclic) bond motifs is 1. The second-order valence-corrected chi connectivity index (χ2v) is 7.98. The molecule has 1 fully saturated rings. The van der Waals surface area contributed by atoms with Gasteiger partial charge in [-0.15, -0.1) is 0 Å². The SMILES string of the molecule is CCOc1ccc(C(C)c2nc3cc(CNC(C)=O)ccc3n2CC2CC2)cc1. The van der Waals surface area contributed by atoms with Gasteiger partial charge in [0.1, 0.15) is 11.6 Å². The molecule has 1 N–H and O–H groups in total. The van der Waals surface area contributed by atoms with Gasteiger partial charge in [0.05, 0.1) is 17.6 Å². The van der Waals surface area contributed by atoms with Gasteiger partial charge in [-0.2, -0.15) is 0 Å². The summed E-state index contributed by atoms with van der Waals surface area (Å²) in [5, 5.41) is 2.87. The molecule has 0 bridgehead atoms. The van der Waals surface area contributed by atoms with Crippen LogP contribution in [0.5, 0.6) is 5.75 Å². The third-order valence-electron chi connectivity index (χ3n) is 5.60. The molecule has 0 spiro atoms. The molecule has 1 aliphatic rings. The summed E-state index contributed by atoms with van der Waals surface area (Å²) in [7, 11) is 0. The van der Waals surface area contributed by atoms with Crippen molar-refractivity contribution >= 4 is 16.9 Å². The summed E-state index contributed by atoms with van der Waals surface area (Å²) in [6, 6.07) is 14.7. The highest BCUT2D eigenvalue weighted by molar-refractivity contribution is 5.78. The zero-order valence-corrected chi connectivity index (χ0v) is 17.4. The standard InChI is InChI=1S/C24H29N3O2/c1-4-29-21-10-8-20(9-11-21)16(2)24-26-22-13-19(14-25-17(3)28)7-12-23(22)27(24)15-18-5-6-18/h7-13,16,18H,4-6,14-15H2,1-3H3,(H,25,28). The van der Waals surface area contributed by atoms with E-state index < -0.39 is 0 Å². The lowest BCUT2D eigenvalue weighted by atomic mass is 10.00. The van der Waals surface area contributed by atoms with Crippen LogP contribution >= 0.6 is 0 Å². The summed E-state index contributed by atoms with van der Waals surface area (Å²) in [5.74, 6) is 2.94. The van der Waals surface area contributed by atoms with Gasteiger partial charge in [-0.25, -0.2) is 4.98 Å². The molecule has 0 aliphatic heterocycles. The summed E-state index contributed by atoms with van der Waals surface area (Å²) < 4.78 is 7.98. The highest BCUT2D eigenvalue weighted by Gasteiger charge is 2.26. The van der Waals surface area contributed by atoms with Crippen LogP contribution in [0.3, 0.4) is 0 Å². The fraction of sp³-hybridized carbons (Fsp3) is 0.417. The van der Waals surface area contributed by atoms with E-state index in [1.165, 1.54) is 23.9 Å². The Morgan fingerprint density at radius 3 is 2.66 bits per heavy atom. The topological polar surface area (TPSA) is 56.1 Å². The van der Waals surface area contributed by atoms with E-state index in [9.17, 15) is 4.79 Å². The fourth-order valence-corrected chi connectivity index (χ4v) is 3.78. The first-order valence-electron chi connectivity index (χ1n) is 10.5. The molecule has 1 amide bonds. The van der Waals surface area contributed by atoms with E-state index in [-0.39, 0.29) is 11.8 Å². The number of hydrogen-bond donors (Lipinski definition) is 1. The Morgan fingerprint density at radius 1 is 1.24 bits per heavy atom. The molecule has 0 saturated heterocycles. The predicted molar refractivity (Wildman–Crippen MR) is 115 cm³/mol. The first-order valence-corrected chi connectivity index (χ1v) is 10.5. The van der Waals surface area contributed by atoms with Crippen molar-refractivity contribution in [3.63, 3.8) is 0 Å². The number of aromatic nitrogens is 2. The van der Waals surface area contributed by atoms with Crippen LogP contribution in [-0.2, 0) is 17.9 Å². The van der Waals surface area contributed by atoms with E-state index in [0.29, 0.717) is 13.2 Å². The van der Waals surface area contributed by atoms with Gasteiger partial charge in [-0.3, -0.25) is 4.79 Å². The number of carbonyl (C=O) groups excluding carboxylic acids is 1. The van der Waals surface area contributed by atoms with Crippen LogP contribution in [0.25, 0.3) is 11.0 Å². The third kappa shape index (κ3) is 4.44. The van der Waals surface area contributed by atoms with Crippen molar-refractivity contribution in [3.8, 4) is 5.75 Å². The smallest absolute Gasteiger partial charge is 0.217 e. The summed E-state index contributed by atoms with van der Waals surface area (Å²) in [4.78, 5) is 16.3. The van der Waals surface area contributed by atoms with Crippen LogP contribution < -0.4 is 10.1 Å². The van der Waals surface area contributed by atoms with Crippen molar-refractivity contribution in [2.45, 2.75) is 52.6 Å². The molecule has 1 heterocycles. The lowest BCUT2D eigenvalue weighted by Crippen LogP contribution is -2.18. The van der Waals surface area contributed by atoms with Gasteiger partial charge in [-0.1, -0.05) is 25.1 Å². The van der Waals surface area contributed by atoms with Gasteiger partial charge in [0, 0.05) is 25.9 Å². The molecule has 1 saturated carbocycles. The Morgan fingerprint density at radius 2 is 2.00 bits per heavy atom. The van der Waals surface area contributed by atoms with E-state index in [1.807, 2.05) is 19.1 Å². The number of nitrogens with one attached hydrogen (secondary N) is 1. The Hall–Kier alpha value is -2.82. The normalized spacial score (nSPS) is 14.7. The molecule has 3 aromatic rings. The molecule has 29 heavy (non-hydrogen) atoms. The van der Waals surface area contributed by atoms with Crippen molar-refractivity contribution in [1.82, 2.24) is 14.9 Å². The molecule has 4 rings (SSSR count). The monoisotopic (exact) mass is 391 g/mol. The highest BCUT2D eigenvalue weighted by atomic mass is 16.5. The van der Waals surface area contributed by atoms with Crippen LogP contribution in [0.2, 0.25) is 0 Å². The minimum Gasteiger partial charge on any atom is -0.494 e. The van der Waals surface area contributed by atoms with E-state index in [1.54, 1.807) is 6.92 Å². The summed E-state index contributed by atoms with van der Waals surface area (Å²) in [6.07, 6.45) is 2.61. The van der Waals surface area contributed by atoms with E-state index in [4.69, 9.17) is 9.72 Å². The van der Waals surface area contributed by atoms with Crippen molar-refractivity contribution < 1.29 is 9.53 Å². The average molecular weight is 392 g/mol.